The zero-order valence-corrected chi connectivity index (χ0v) is 12.3. The molecule has 0 saturated carbocycles. The van der Waals surface area contributed by atoms with E-state index in [9.17, 15) is 0 Å². The summed E-state index contributed by atoms with van der Waals surface area (Å²) < 4.78 is 2.45. The van der Waals surface area contributed by atoms with Crippen molar-refractivity contribution in [3.8, 4) is 11.1 Å². The van der Waals surface area contributed by atoms with E-state index in [1.165, 1.54) is 26.8 Å². The van der Waals surface area contributed by atoms with E-state index in [-0.39, 0.29) is 0 Å². The molecule has 0 fully saturated rings. The first-order valence-corrected chi connectivity index (χ1v) is 7.36. The summed E-state index contributed by atoms with van der Waals surface area (Å²) >= 11 is 5.37. The normalized spacial score (nSPS) is 11.0. The van der Waals surface area contributed by atoms with E-state index < -0.39 is 0 Å². The Morgan fingerprint density at radius 2 is 1.94 bits per heavy atom. The molecule has 1 aromatic heterocycles. The summed E-state index contributed by atoms with van der Waals surface area (Å²) in [5.74, 6) is 0. The molecule has 2 N–H and O–H groups in total. The van der Waals surface area contributed by atoms with Crippen LogP contribution in [0.4, 0.5) is 5.69 Å². The van der Waals surface area contributed by atoms with E-state index in [0.29, 0.717) is 0 Å². The summed E-state index contributed by atoms with van der Waals surface area (Å²) in [7, 11) is 0. The van der Waals surface area contributed by atoms with Gasteiger partial charge in [-0.05, 0) is 57.6 Å². The number of anilines is 1. The predicted octanol–water partition coefficient (Wildman–Crippen LogP) is 5.22. The van der Waals surface area contributed by atoms with Crippen molar-refractivity contribution in [2.24, 2.45) is 0 Å². The average molecular weight is 318 g/mol. The standard InChI is InChI=1S/C15H12BrNS/c1-9-7-10(17)5-6-11(9)13-8-18-15-12(13)3-2-4-14(15)16/h2-8H,17H2,1H3. The minimum absolute atomic E-state index is 0.817. The second-order valence-electron chi connectivity index (χ2n) is 4.34. The Labute approximate surface area is 118 Å². The van der Waals surface area contributed by atoms with Crippen molar-refractivity contribution in [1.82, 2.24) is 0 Å². The number of halogens is 1. The molecule has 3 heteroatoms. The summed E-state index contributed by atoms with van der Waals surface area (Å²) in [5.41, 5.74) is 10.4. The molecule has 2 aromatic carbocycles. The number of aryl methyl sites for hydroxylation is 1. The number of hydrogen-bond donors (Lipinski definition) is 1. The van der Waals surface area contributed by atoms with Gasteiger partial charge in [-0.15, -0.1) is 11.3 Å². The Balaban J connectivity index is 2.29. The molecule has 1 nitrogen and oxygen atoms in total. The number of nitrogens with two attached hydrogens (primary N) is 1. The van der Waals surface area contributed by atoms with Crippen molar-refractivity contribution in [3.05, 3.63) is 51.8 Å². The van der Waals surface area contributed by atoms with Gasteiger partial charge in [-0.3, -0.25) is 0 Å². The summed E-state index contributed by atoms with van der Waals surface area (Å²) in [4.78, 5) is 0. The van der Waals surface area contributed by atoms with E-state index in [4.69, 9.17) is 5.73 Å². The number of benzene rings is 2. The average Bonchev–Trinajstić information content (AvgIpc) is 2.74. The van der Waals surface area contributed by atoms with Crippen LogP contribution in [0, 0.1) is 6.92 Å². The lowest BCUT2D eigenvalue weighted by molar-refractivity contribution is 1.47. The van der Waals surface area contributed by atoms with Crippen molar-refractivity contribution in [3.63, 3.8) is 0 Å². The molecule has 3 rings (SSSR count). The topological polar surface area (TPSA) is 26.0 Å². The Bertz CT molecular complexity index is 730. The van der Waals surface area contributed by atoms with Gasteiger partial charge >= 0.3 is 0 Å². The molecule has 0 aliphatic carbocycles. The molecule has 0 bridgehead atoms. The van der Waals surface area contributed by atoms with Gasteiger partial charge in [0.1, 0.15) is 0 Å². The third-order valence-corrected chi connectivity index (χ3v) is 5.04. The molecular weight excluding hydrogens is 306 g/mol. The predicted molar refractivity (Wildman–Crippen MR) is 84.1 cm³/mol. The van der Waals surface area contributed by atoms with Gasteiger partial charge in [-0.2, -0.15) is 0 Å². The van der Waals surface area contributed by atoms with E-state index in [2.05, 4.69) is 52.5 Å². The first-order valence-electron chi connectivity index (χ1n) is 5.69. The van der Waals surface area contributed by atoms with Gasteiger partial charge in [0.2, 0.25) is 0 Å². The number of hydrogen-bond acceptors (Lipinski definition) is 2. The van der Waals surface area contributed by atoms with Crippen LogP contribution >= 0.6 is 27.3 Å². The molecule has 90 valence electrons. The lowest BCUT2D eigenvalue weighted by Crippen LogP contribution is -1.87. The van der Waals surface area contributed by atoms with Crippen molar-refractivity contribution >= 4 is 43.0 Å². The maximum Gasteiger partial charge on any atom is 0.0491 e. The van der Waals surface area contributed by atoms with Crippen LogP contribution in [0.2, 0.25) is 0 Å². The van der Waals surface area contributed by atoms with Crippen molar-refractivity contribution in [2.75, 3.05) is 5.73 Å². The maximum absolute atomic E-state index is 5.81. The summed E-state index contributed by atoms with van der Waals surface area (Å²) in [5, 5.41) is 3.51. The molecule has 0 aliphatic rings. The third-order valence-electron chi connectivity index (χ3n) is 3.09. The molecule has 0 amide bonds. The molecule has 0 saturated heterocycles. The SMILES string of the molecule is Cc1cc(N)ccc1-c1csc2c(Br)cccc12. The van der Waals surface area contributed by atoms with Crippen LogP contribution in [0.3, 0.4) is 0 Å². The van der Waals surface area contributed by atoms with Crippen molar-refractivity contribution in [2.45, 2.75) is 6.92 Å². The van der Waals surface area contributed by atoms with Crippen LogP contribution in [0.5, 0.6) is 0 Å². The summed E-state index contributed by atoms with van der Waals surface area (Å²) in [6.45, 7) is 2.10. The van der Waals surface area contributed by atoms with Gasteiger partial charge in [0, 0.05) is 25.8 Å². The highest BCUT2D eigenvalue weighted by atomic mass is 79.9. The quantitative estimate of drug-likeness (QED) is 0.612. The molecule has 0 unspecified atom stereocenters. The van der Waals surface area contributed by atoms with Crippen LogP contribution in [-0.4, -0.2) is 0 Å². The fourth-order valence-corrected chi connectivity index (χ4v) is 3.84. The molecule has 0 radical (unpaired) electrons. The Morgan fingerprint density at radius 3 is 2.72 bits per heavy atom. The van der Waals surface area contributed by atoms with E-state index in [1.54, 1.807) is 11.3 Å². The fraction of sp³-hybridized carbons (Fsp3) is 0.0667. The van der Waals surface area contributed by atoms with Gasteiger partial charge in [0.05, 0.1) is 0 Å². The van der Waals surface area contributed by atoms with E-state index >= 15 is 0 Å². The summed E-state index contributed by atoms with van der Waals surface area (Å²) in [6.07, 6.45) is 0. The lowest BCUT2D eigenvalue weighted by atomic mass is 9.99. The highest BCUT2D eigenvalue weighted by molar-refractivity contribution is 9.10. The van der Waals surface area contributed by atoms with Gasteiger partial charge in [-0.25, -0.2) is 0 Å². The largest absolute Gasteiger partial charge is 0.399 e. The van der Waals surface area contributed by atoms with Crippen LogP contribution in [0.25, 0.3) is 21.2 Å². The van der Waals surface area contributed by atoms with Crippen LogP contribution in [0.1, 0.15) is 5.56 Å². The zero-order valence-electron chi connectivity index (χ0n) is 9.91. The van der Waals surface area contributed by atoms with Crippen LogP contribution in [0.15, 0.2) is 46.3 Å². The zero-order chi connectivity index (χ0) is 12.7. The minimum atomic E-state index is 0.817. The van der Waals surface area contributed by atoms with Gasteiger partial charge < -0.3 is 5.73 Å². The van der Waals surface area contributed by atoms with Crippen molar-refractivity contribution < 1.29 is 0 Å². The monoisotopic (exact) mass is 317 g/mol. The number of fused-ring (bicyclic) bond motifs is 1. The molecule has 18 heavy (non-hydrogen) atoms. The highest BCUT2D eigenvalue weighted by Gasteiger charge is 2.10. The van der Waals surface area contributed by atoms with E-state index in [0.717, 1.165) is 10.2 Å². The maximum atomic E-state index is 5.81. The Kier molecular flexibility index (Phi) is 2.88. The molecule has 0 aliphatic heterocycles. The second-order valence-corrected chi connectivity index (χ2v) is 6.07. The lowest BCUT2D eigenvalue weighted by Gasteiger charge is -2.06. The number of rotatable bonds is 1. The second kappa shape index (κ2) is 4.41. The highest BCUT2D eigenvalue weighted by Crippen LogP contribution is 2.39. The van der Waals surface area contributed by atoms with Gasteiger partial charge in [-0.1, -0.05) is 18.2 Å². The van der Waals surface area contributed by atoms with E-state index in [1.807, 2.05) is 12.1 Å². The third kappa shape index (κ3) is 1.84. The molecular formula is C15H12BrNS. The van der Waals surface area contributed by atoms with Crippen LogP contribution in [-0.2, 0) is 0 Å². The molecule has 3 aromatic rings. The minimum Gasteiger partial charge on any atom is -0.399 e. The molecule has 0 atom stereocenters. The number of nitrogen functional groups attached to an aromatic ring is 1. The fourth-order valence-electron chi connectivity index (χ4n) is 2.22. The van der Waals surface area contributed by atoms with Gasteiger partial charge in [0.25, 0.3) is 0 Å². The van der Waals surface area contributed by atoms with Crippen LogP contribution < -0.4 is 5.73 Å². The first kappa shape index (κ1) is 11.8. The molecule has 0 spiro atoms. The smallest absolute Gasteiger partial charge is 0.0491 e. The van der Waals surface area contributed by atoms with Gasteiger partial charge in [0.15, 0.2) is 0 Å². The first-order chi connectivity index (χ1) is 8.66. The Hall–Kier alpha value is -1.32. The summed E-state index contributed by atoms with van der Waals surface area (Å²) in [6, 6.07) is 12.4. The number of thiophene rings is 1. The van der Waals surface area contributed by atoms with Crippen molar-refractivity contribution in [1.29, 1.82) is 0 Å². The Morgan fingerprint density at radius 1 is 1.11 bits per heavy atom. The molecule has 1 heterocycles.